The number of hydrogen-bond acceptors (Lipinski definition) is 0. The molecule has 0 saturated heterocycles. The van der Waals surface area contributed by atoms with Crippen LogP contribution in [0.4, 0.5) is 0 Å². The maximum atomic E-state index is 3.90. The van der Waals surface area contributed by atoms with Gasteiger partial charge in [0.05, 0.1) is 0 Å². The van der Waals surface area contributed by atoms with Crippen molar-refractivity contribution in [2.45, 2.75) is 53.9 Å². The zero-order valence-corrected chi connectivity index (χ0v) is 9.91. The van der Waals surface area contributed by atoms with E-state index in [1.165, 1.54) is 30.4 Å². The highest BCUT2D eigenvalue weighted by molar-refractivity contribution is 5.28. The summed E-state index contributed by atoms with van der Waals surface area (Å²) in [5.74, 6) is 0. The Morgan fingerprint density at radius 1 is 1.31 bits per heavy atom. The van der Waals surface area contributed by atoms with Crippen LogP contribution in [0.3, 0.4) is 0 Å². The van der Waals surface area contributed by atoms with Crippen LogP contribution in [0, 0.1) is 5.41 Å². The number of hydrogen-bond donors (Lipinski definition) is 0. The first kappa shape index (κ1) is 12.5. The van der Waals surface area contributed by atoms with Crippen LogP contribution in [-0.2, 0) is 0 Å². The van der Waals surface area contributed by atoms with E-state index in [0.717, 1.165) is 0 Å². The van der Waals surface area contributed by atoms with Crippen LogP contribution in [0.2, 0.25) is 0 Å². The van der Waals surface area contributed by atoms with Crippen molar-refractivity contribution in [2.24, 2.45) is 5.41 Å². The molecule has 0 aromatic rings. The van der Waals surface area contributed by atoms with Gasteiger partial charge in [-0.25, -0.2) is 0 Å². The van der Waals surface area contributed by atoms with Crippen molar-refractivity contribution < 1.29 is 0 Å². The maximum Gasteiger partial charge on any atom is -0.0133 e. The maximum absolute atomic E-state index is 3.90. The zero-order valence-electron chi connectivity index (χ0n) is 9.91. The largest absolute Gasteiger partial charge is 0.0988 e. The second kappa shape index (κ2) is 5.26. The van der Waals surface area contributed by atoms with Crippen molar-refractivity contribution in [1.82, 2.24) is 0 Å². The summed E-state index contributed by atoms with van der Waals surface area (Å²) in [5.41, 5.74) is 3.17. The molecule has 0 atom stereocenters. The molecular weight excluding hydrogens is 156 g/mol. The molecule has 0 saturated carbocycles. The van der Waals surface area contributed by atoms with Gasteiger partial charge in [-0.15, -0.1) is 0 Å². The summed E-state index contributed by atoms with van der Waals surface area (Å²) in [5, 5.41) is 0. The summed E-state index contributed by atoms with van der Waals surface area (Å²) in [6, 6.07) is 0. The van der Waals surface area contributed by atoms with E-state index in [4.69, 9.17) is 0 Å². The van der Waals surface area contributed by atoms with Crippen LogP contribution in [-0.4, -0.2) is 0 Å². The molecule has 0 radical (unpaired) electrons. The zero-order chi connectivity index (χ0) is 10.5. The molecule has 13 heavy (non-hydrogen) atoms. The quantitative estimate of drug-likeness (QED) is 0.549. The van der Waals surface area contributed by atoms with Gasteiger partial charge in [-0.05, 0) is 30.8 Å². The number of allylic oxidation sites excluding steroid dienone is 3. The highest BCUT2D eigenvalue weighted by Crippen LogP contribution is 2.30. The summed E-state index contributed by atoms with van der Waals surface area (Å²) >= 11 is 0. The van der Waals surface area contributed by atoms with Gasteiger partial charge >= 0.3 is 0 Å². The molecule has 0 aromatic heterocycles. The van der Waals surface area contributed by atoms with Crippen LogP contribution >= 0.6 is 0 Å². The molecule has 0 heterocycles. The van der Waals surface area contributed by atoms with Gasteiger partial charge in [0.25, 0.3) is 0 Å². The van der Waals surface area contributed by atoms with Gasteiger partial charge in [-0.1, -0.05) is 52.3 Å². The van der Waals surface area contributed by atoms with Gasteiger partial charge in [-0.2, -0.15) is 0 Å². The third-order valence-electron chi connectivity index (χ3n) is 2.38. The third-order valence-corrected chi connectivity index (χ3v) is 2.38. The molecule has 0 bridgehead atoms. The number of rotatable bonds is 4. The first-order chi connectivity index (χ1) is 5.93. The molecule has 76 valence electrons. The lowest BCUT2D eigenvalue weighted by molar-refractivity contribution is 0.508. The molecule has 0 fully saturated rings. The fraction of sp³-hybridized carbons (Fsp3) is 0.692. The molecule has 0 heteroatoms. The van der Waals surface area contributed by atoms with Crippen LogP contribution < -0.4 is 0 Å². The molecule has 0 aliphatic rings. The minimum absolute atomic E-state index is 0.250. The van der Waals surface area contributed by atoms with E-state index < -0.39 is 0 Å². The lowest BCUT2D eigenvalue weighted by Gasteiger charge is -2.23. The lowest BCUT2D eigenvalue weighted by Crippen LogP contribution is -2.09. The SMILES string of the molecule is C=C/C(=C(\C)CCCC)C(C)(C)C. The Bertz CT molecular complexity index is 189. The summed E-state index contributed by atoms with van der Waals surface area (Å²) in [6.07, 6.45) is 5.80. The van der Waals surface area contributed by atoms with Crippen LogP contribution in [0.1, 0.15) is 53.9 Å². The summed E-state index contributed by atoms with van der Waals surface area (Å²) in [7, 11) is 0. The van der Waals surface area contributed by atoms with E-state index >= 15 is 0 Å². The van der Waals surface area contributed by atoms with Crippen molar-refractivity contribution in [3.63, 3.8) is 0 Å². The minimum atomic E-state index is 0.250. The van der Waals surface area contributed by atoms with Crippen LogP contribution in [0.15, 0.2) is 23.8 Å². The Morgan fingerprint density at radius 2 is 1.85 bits per heavy atom. The van der Waals surface area contributed by atoms with Crippen molar-refractivity contribution >= 4 is 0 Å². The molecule has 0 amide bonds. The van der Waals surface area contributed by atoms with E-state index in [1.54, 1.807) is 0 Å². The third kappa shape index (κ3) is 4.31. The molecule has 0 nitrogen and oxygen atoms in total. The normalized spacial score (nSPS) is 13.9. The fourth-order valence-corrected chi connectivity index (χ4v) is 1.70. The fourth-order valence-electron chi connectivity index (χ4n) is 1.70. The van der Waals surface area contributed by atoms with Gasteiger partial charge in [0, 0.05) is 0 Å². The topological polar surface area (TPSA) is 0 Å². The summed E-state index contributed by atoms with van der Waals surface area (Å²) < 4.78 is 0. The summed E-state index contributed by atoms with van der Waals surface area (Å²) in [4.78, 5) is 0. The van der Waals surface area contributed by atoms with Crippen molar-refractivity contribution in [3.8, 4) is 0 Å². The van der Waals surface area contributed by atoms with Gasteiger partial charge < -0.3 is 0 Å². The van der Waals surface area contributed by atoms with Gasteiger partial charge in [0.2, 0.25) is 0 Å². The molecular formula is C13H24. The Kier molecular flexibility index (Phi) is 5.05. The predicted molar refractivity (Wildman–Crippen MR) is 61.9 cm³/mol. The second-order valence-corrected chi connectivity index (χ2v) is 4.75. The van der Waals surface area contributed by atoms with E-state index in [-0.39, 0.29) is 5.41 Å². The Labute approximate surface area is 83.7 Å². The molecule has 0 aliphatic carbocycles. The highest BCUT2D eigenvalue weighted by atomic mass is 14.2. The smallest absolute Gasteiger partial charge is 0.0133 e. The van der Waals surface area contributed by atoms with Crippen LogP contribution in [0.25, 0.3) is 0 Å². The molecule has 0 spiro atoms. The van der Waals surface area contributed by atoms with Gasteiger partial charge in [-0.3, -0.25) is 0 Å². The van der Waals surface area contributed by atoms with E-state index in [1.807, 2.05) is 6.08 Å². The predicted octanol–water partition coefficient (Wildman–Crippen LogP) is 4.73. The van der Waals surface area contributed by atoms with E-state index in [0.29, 0.717) is 0 Å². The Balaban J connectivity index is 4.60. The molecule has 0 aliphatic heterocycles. The minimum Gasteiger partial charge on any atom is -0.0988 e. The van der Waals surface area contributed by atoms with Crippen molar-refractivity contribution in [1.29, 1.82) is 0 Å². The standard InChI is InChI=1S/C13H24/c1-7-9-10-11(3)12(8-2)13(4,5)6/h8H,2,7,9-10H2,1,3-6H3/b12-11-. The van der Waals surface area contributed by atoms with Crippen molar-refractivity contribution in [3.05, 3.63) is 23.8 Å². The van der Waals surface area contributed by atoms with Crippen LogP contribution in [0.5, 0.6) is 0 Å². The van der Waals surface area contributed by atoms with Gasteiger partial charge in [0.15, 0.2) is 0 Å². The Morgan fingerprint density at radius 3 is 2.15 bits per heavy atom. The Hall–Kier alpha value is -0.520. The van der Waals surface area contributed by atoms with Crippen molar-refractivity contribution in [2.75, 3.05) is 0 Å². The average molecular weight is 180 g/mol. The highest BCUT2D eigenvalue weighted by Gasteiger charge is 2.15. The van der Waals surface area contributed by atoms with Gasteiger partial charge in [0.1, 0.15) is 0 Å². The molecule has 0 rings (SSSR count). The monoisotopic (exact) mass is 180 g/mol. The second-order valence-electron chi connectivity index (χ2n) is 4.75. The number of unbranched alkanes of at least 4 members (excludes halogenated alkanes) is 1. The first-order valence-corrected chi connectivity index (χ1v) is 5.26. The molecule has 0 aromatic carbocycles. The molecule has 0 unspecified atom stereocenters. The average Bonchev–Trinajstić information content (AvgIpc) is 1.99. The molecule has 0 N–H and O–H groups in total. The summed E-state index contributed by atoms with van der Waals surface area (Å²) in [6.45, 7) is 15.1. The lowest BCUT2D eigenvalue weighted by atomic mass is 9.82. The van der Waals surface area contributed by atoms with E-state index in [9.17, 15) is 0 Å². The van der Waals surface area contributed by atoms with E-state index in [2.05, 4.69) is 41.2 Å². The first-order valence-electron chi connectivity index (χ1n) is 5.26.